The van der Waals surface area contributed by atoms with E-state index >= 15 is 0 Å². The summed E-state index contributed by atoms with van der Waals surface area (Å²) in [4.78, 5) is 2.00. The smallest absolute Gasteiger partial charge is 0.260 e. The first-order chi connectivity index (χ1) is 8.38. The van der Waals surface area contributed by atoms with E-state index in [4.69, 9.17) is 5.73 Å². The predicted octanol–water partition coefficient (Wildman–Crippen LogP) is -0.593. The van der Waals surface area contributed by atoms with Crippen molar-refractivity contribution in [1.29, 1.82) is 0 Å². The number of nitrogens with one attached hydrogen (secondary N) is 2. The highest BCUT2D eigenvalue weighted by molar-refractivity contribution is 7.89. The molecule has 0 radical (unpaired) electrons. The summed E-state index contributed by atoms with van der Waals surface area (Å²) in [5.74, 6) is 0. The van der Waals surface area contributed by atoms with Crippen LogP contribution in [0.2, 0.25) is 0 Å². The molecule has 0 aliphatic carbocycles. The average Bonchev–Trinajstić information content (AvgIpc) is 2.66. The van der Waals surface area contributed by atoms with Gasteiger partial charge >= 0.3 is 0 Å². The Kier molecular flexibility index (Phi) is 5.27. The van der Waals surface area contributed by atoms with E-state index in [1.165, 1.54) is 0 Å². The molecule has 0 amide bonds. The first-order valence-corrected chi connectivity index (χ1v) is 7.25. The van der Waals surface area contributed by atoms with Crippen LogP contribution in [-0.4, -0.2) is 50.7 Å². The predicted molar refractivity (Wildman–Crippen MR) is 69.6 cm³/mol. The number of rotatable bonds is 7. The molecule has 104 valence electrons. The molecule has 0 atom stereocenters. The molecule has 0 spiro atoms. The number of aromatic amines is 1. The molecule has 1 aromatic rings. The third-order valence-electron chi connectivity index (χ3n) is 2.57. The van der Waals surface area contributed by atoms with Crippen LogP contribution < -0.4 is 10.5 Å². The fourth-order valence-electron chi connectivity index (χ4n) is 1.56. The first-order valence-electron chi connectivity index (χ1n) is 5.76. The van der Waals surface area contributed by atoms with Crippen LogP contribution in [-0.2, 0) is 16.6 Å². The maximum absolute atomic E-state index is 12.0. The van der Waals surface area contributed by atoms with Crippen LogP contribution in [0.15, 0.2) is 5.03 Å². The molecule has 0 saturated carbocycles. The van der Waals surface area contributed by atoms with Gasteiger partial charge in [0.25, 0.3) is 10.0 Å². The Morgan fingerprint density at radius 1 is 1.44 bits per heavy atom. The summed E-state index contributed by atoms with van der Waals surface area (Å²) in [5.41, 5.74) is 6.75. The fourth-order valence-corrected chi connectivity index (χ4v) is 2.84. The molecule has 0 fully saturated rings. The summed E-state index contributed by atoms with van der Waals surface area (Å²) in [6.07, 6.45) is 0.744. The lowest BCUT2D eigenvalue weighted by Gasteiger charge is -2.10. The van der Waals surface area contributed by atoms with Crippen LogP contribution in [0.3, 0.4) is 0 Å². The van der Waals surface area contributed by atoms with Gasteiger partial charge in [-0.3, -0.25) is 5.10 Å². The maximum Gasteiger partial charge on any atom is 0.260 e. The van der Waals surface area contributed by atoms with Gasteiger partial charge in [-0.15, -0.1) is 0 Å². The van der Waals surface area contributed by atoms with E-state index in [0.29, 0.717) is 17.8 Å². The van der Waals surface area contributed by atoms with E-state index in [1.54, 1.807) is 6.92 Å². The Labute approximate surface area is 108 Å². The Bertz CT molecular complexity index is 480. The van der Waals surface area contributed by atoms with Crippen LogP contribution in [0.4, 0.5) is 0 Å². The number of H-pyrrole nitrogens is 1. The highest BCUT2D eigenvalue weighted by Crippen LogP contribution is 2.14. The lowest BCUT2D eigenvalue weighted by molar-refractivity contribution is 0.400. The summed E-state index contributed by atoms with van der Waals surface area (Å²) in [6.45, 7) is 3.11. The molecule has 0 aromatic carbocycles. The molecule has 0 aliphatic heterocycles. The van der Waals surface area contributed by atoms with Crippen molar-refractivity contribution in [1.82, 2.24) is 19.8 Å². The number of aryl methyl sites for hydroxylation is 1. The number of hydrogen-bond acceptors (Lipinski definition) is 5. The minimum absolute atomic E-state index is 0.00681. The van der Waals surface area contributed by atoms with Gasteiger partial charge in [-0.05, 0) is 34.0 Å². The van der Waals surface area contributed by atoms with E-state index in [2.05, 4.69) is 14.9 Å². The second-order valence-corrected chi connectivity index (χ2v) is 6.07. The molecular weight excluding hydrogens is 254 g/mol. The van der Waals surface area contributed by atoms with Crippen molar-refractivity contribution >= 4 is 10.0 Å². The second-order valence-electron chi connectivity index (χ2n) is 4.39. The zero-order valence-electron chi connectivity index (χ0n) is 11.0. The lowest BCUT2D eigenvalue weighted by atomic mass is 10.3. The standard InChI is InChI=1S/C10H21N5O2S/c1-8-9(7-11)10(14-13-8)18(16,17)12-5-4-6-15(2)3/h12H,4-7,11H2,1-3H3,(H,13,14). The van der Waals surface area contributed by atoms with E-state index < -0.39 is 10.0 Å². The molecule has 1 aromatic heterocycles. The minimum atomic E-state index is -3.57. The van der Waals surface area contributed by atoms with Crippen molar-refractivity contribution in [2.24, 2.45) is 5.73 Å². The quantitative estimate of drug-likeness (QED) is 0.577. The number of nitrogens with two attached hydrogens (primary N) is 1. The Morgan fingerprint density at radius 2 is 2.11 bits per heavy atom. The van der Waals surface area contributed by atoms with Gasteiger partial charge in [-0.1, -0.05) is 0 Å². The van der Waals surface area contributed by atoms with Crippen molar-refractivity contribution in [3.8, 4) is 0 Å². The van der Waals surface area contributed by atoms with Crippen LogP contribution in [0.5, 0.6) is 0 Å². The monoisotopic (exact) mass is 275 g/mol. The summed E-state index contributed by atoms with van der Waals surface area (Å²) < 4.78 is 26.5. The summed E-state index contributed by atoms with van der Waals surface area (Å²) in [6, 6.07) is 0. The molecule has 1 heterocycles. The van der Waals surface area contributed by atoms with Crippen LogP contribution in [0.25, 0.3) is 0 Å². The van der Waals surface area contributed by atoms with Gasteiger partial charge in [0.1, 0.15) is 0 Å². The van der Waals surface area contributed by atoms with Crippen molar-refractivity contribution in [3.05, 3.63) is 11.3 Å². The molecule has 7 nitrogen and oxygen atoms in total. The summed E-state index contributed by atoms with van der Waals surface area (Å²) >= 11 is 0. The molecule has 0 unspecified atom stereocenters. The SMILES string of the molecule is Cc1[nH]nc(S(=O)(=O)NCCCN(C)C)c1CN. The molecular formula is C10H21N5O2S. The highest BCUT2D eigenvalue weighted by atomic mass is 32.2. The Hall–Kier alpha value is -0.960. The van der Waals surface area contributed by atoms with E-state index in [9.17, 15) is 8.42 Å². The number of hydrogen-bond donors (Lipinski definition) is 3. The third-order valence-corrected chi connectivity index (χ3v) is 4.00. The molecule has 0 aliphatic rings. The van der Waals surface area contributed by atoms with E-state index in [0.717, 1.165) is 13.0 Å². The number of aromatic nitrogens is 2. The highest BCUT2D eigenvalue weighted by Gasteiger charge is 2.22. The fraction of sp³-hybridized carbons (Fsp3) is 0.700. The summed E-state index contributed by atoms with van der Waals surface area (Å²) in [7, 11) is 0.314. The second kappa shape index (κ2) is 6.28. The van der Waals surface area contributed by atoms with Gasteiger partial charge in [0.2, 0.25) is 0 Å². The Morgan fingerprint density at radius 3 is 2.67 bits per heavy atom. The molecule has 0 saturated heterocycles. The van der Waals surface area contributed by atoms with Crippen LogP contribution >= 0.6 is 0 Å². The largest absolute Gasteiger partial charge is 0.326 e. The lowest BCUT2D eigenvalue weighted by Crippen LogP contribution is -2.28. The molecule has 1 rings (SSSR count). The van der Waals surface area contributed by atoms with Gasteiger partial charge in [-0.25, -0.2) is 13.1 Å². The first kappa shape index (κ1) is 15.1. The zero-order valence-corrected chi connectivity index (χ0v) is 11.8. The van der Waals surface area contributed by atoms with Gasteiger partial charge in [0, 0.05) is 24.3 Å². The molecule has 18 heavy (non-hydrogen) atoms. The third kappa shape index (κ3) is 3.77. The molecule has 0 bridgehead atoms. The van der Waals surface area contributed by atoms with Gasteiger partial charge in [0.15, 0.2) is 5.03 Å². The summed E-state index contributed by atoms with van der Waals surface area (Å²) in [5, 5.41) is 6.46. The number of sulfonamides is 1. The van der Waals surface area contributed by atoms with Crippen molar-refractivity contribution in [2.75, 3.05) is 27.2 Å². The average molecular weight is 275 g/mol. The van der Waals surface area contributed by atoms with Crippen molar-refractivity contribution in [3.63, 3.8) is 0 Å². The Balaban J connectivity index is 2.68. The maximum atomic E-state index is 12.0. The van der Waals surface area contributed by atoms with Crippen molar-refractivity contribution in [2.45, 2.75) is 24.9 Å². The topological polar surface area (TPSA) is 104 Å². The van der Waals surface area contributed by atoms with Crippen molar-refractivity contribution < 1.29 is 8.42 Å². The molecule has 4 N–H and O–H groups in total. The minimum Gasteiger partial charge on any atom is -0.326 e. The van der Waals surface area contributed by atoms with Crippen LogP contribution in [0, 0.1) is 6.92 Å². The van der Waals surface area contributed by atoms with Gasteiger partial charge in [0.05, 0.1) is 0 Å². The molecule has 8 heteroatoms. The van der Waals surface area contributed by atoms with Crippen LogP contribution in [0.1, 0.15) is 17.7 Å². The van der Waals surface area contributed by atoms with E-state index in [-0.39, 0.29) is 11.6 Å². The van der Waals surface area contributed by atoms with E-state index in [1.807, 2.05) is 19.0 Å². The zero-order chi connectivity index (χ0) is 13.8. The van der Waals surface area contributed by atoms with Gasteiger partial charge in [-0.2, -0.15) is 5.10 Å². The number of nitrogens with zero attached hydrogens (tertiary/aromatic N) is 2. The van der Waals surface area contributed by atoms with Gasteiger partial charge < -0.3 is 10.6 Å². The normalized spacial score (nSPS) is 12.3.